The van der Waals surface area contributed by atoms with Crippen LogP contribution in [0.25, 0.3) is 0 Å². The molecule has 1 unspecified atom stereocenters. The van der Waals surface area contributed by atoms with E-state index in [4.69, 9.17) is 9.94 Å². The molecule has 0 aromatic carbocycles. The van der Waals surface area contributed by atoms with Crippen LogP contribution in [0.15, 0.2) is 15.6 Å². The van der Waals surface area contributed by atoms with Gasteiger partial charge in [-0.15, -0.1) is 0 Å². The lowest BCUT2D eigenvalue weighted by Crippen LogP contribution is -2.20. The van der Waals surface area contributed by atoms with Gasteiger partial charge in [0.2, 0.25) is 0 Å². The summed E-state index contributed by atoms with van der Waals surface area (Å²) in [5, 5.41) is 12.7. The lowest BCUT2D eigenvalue weighted by atomic mass is 9.88. The van der Waals surface area contributed by atoms with E-state index in [2.05, 4.69) is 5.16 Å². The molecule has 0 aromatic heterocycles. The molecule has 16 heavy (non-hydrogen) atoms. The average molecular weight is 241 g/mol. The summed E-state index contributed by atoms with van der Waals surface area (Å²) in [5.41, 5.74) is 1.33. The fourth-order valence-corrected chi connectivity index (χ4v) is 3.31. The fraction of sp³-hybridized carbons (Fsp3) is 0.636. The van der Waals surface area contributed by atoms with Gasteiger partial charge in [0, 0.05) is 6.42 Å². The monoisotopic (exact) mass is 241 g/mol. The van der Waals surface area contributed by atoms with Gasteiger partial charge in [-0.3, -0.25) is 4.79 Å². The molecule has 0 fully saturated rings. The Morgan fingerprint density at radius 2 is 2.50 bits per heavy atom. The predicted molar refractivity (Wildman–Crippen MR) is 62.4 cm³/mol. The van der Waals surface area contributed by atoms with Crippen LogP contribution in [0.3, 0.4) is 0 Å². The van der Waals surface area contributed by atoms with Crippen LogP contribution in [-0.4, -0.2) is 22.8 Å². The van der Waals surface area contributed by atoms with E-state index in [0.717, 1.165) is 30.7 Å². The summed E-state index contributed by atoms with van der Waals surface area (Å²) in [6, 6.07) is 0. The number of carbonyl (C=O) groups excluding carboxylic acids is 1. The molecule has 2 rings (SSSR count). The van der Waals surface area contributed by atoms with Crippen LogP contribution in [0, 0.1) is 5.92 Å². The van der Waals surface area contributed by atoms with Crippen LogP contribution in [-0.2, 0) is 9.53 Å². The molecule has 5 heteroatoms. The largest absolute Gasteiger partial charge is 0.466 e. The molecule has 0 spiro atoms. The molecule has 1 aliphatic carbocycles. The van der Waals surface area contributed by atoms with Gasteiger partial charge in [-0.25, -0.2) is 0 Å². The number of esters is 1. The van der Waals surface area contributed by atoms with Crippen molar-refractivity contribution in [3.8, 4) is 0 Å². The maximum Gasteiger partial charge on any atom is 0.309 e. The molecule has 0 aromatic rings. The normalized spacial score (nSPS) is 27.1. The van der Waals surface area contributed by atoms with E-state index in [-0.39, 0.29) is 11.9 Å². The molecule has 4 nitrogen and oxygen atoms in total. The maximum atomic E-state index is 11.6. The van der Waals surface area contributed by atoms with Crippen molar-refractivity contribution in [2.75, 3.05) is 6.61 Å². The molecule has 0 saturated heterocycles. The van der Waals surface area contributed by atoms with E-state index in [9.17, 15) is 4.79 Å². The Hall–Kier alpha value is -0.970. The highest BCUT2D eigenvalue weighted by atomic mass is 32.2. The molecule has 0 amide bonds. The number of oxime groups is 1. The Morgan fingerprint density at radius 3 is 3.19 bits per heavy atom. The Kier molecular flexibility index (Phi) is 3.53. The molecule has 0 bridgehead atoms. The molecule has 1 atom stereocenters. The second-order valence-electron chi connectivity index (χ2n) is 3.99. The van der Waals surface area contributed by atoms with Crippen molar-refractivity contribution >= 4 is 22.8 Å². The van der Waals surface area contributed by atoms with Gasteiger partial charge in [0.25, 0.3) is 0 Å². The summed E-state index contributed by atoms with van der Waals surface area (Å²) in [4.78, 5) is 12.8. The first kappa shape index (κ1) is 11.5. The number of carbonyl (C=O) groups is 1. The topological polar surface area (TPSA) is 58.9 Å². The first-order valence-electron chi connectivity index (χ1n) is 5.51. The summed E-state index contributed by atoms with van der Waals surface area (Å²) < 4.78 is 5.03. The van der Waals surface area contributed by atoms with E-state index >= 15 is 0 Å². The average Bonchev–Trinajstić information content (AvgIpc) is 2.70. The number of nitrogens with zero attached hydrogens (tertiary/aromatic N) is 1. The molecule has 2 aliphatic rings. The minimum Gasteiger partial charge on any atom is -0.466 e. The lowest BCUT2D eigenvalue weighted by Gasteiger charge is -2.21. The van der Waals surface area contributed by atoms with Gasteiger partial charge in [0.15, 0.2) is 0 Å². The molecule has 0 saturated carbocycles. The summed E-state index contributed by atoms with van der Waals surface area (Å²) in [6.07, 6.45) is 3.28. The number of ether oxygens (including phenoxy) is 1. The molecular weight excluding hydrogens is 226 g/mol. The first-order valence-corrected chi connectivity index (χ1v) is 6.32. The highest BCUT2D eigenvalue weighted by Gasteiger charge is 2.32. The third kappa shape index (κ3) is 2.24. The summed E-state index contributed by atoms with van der Waals surface area (Å²) in [6.45, 7) is 2.27. The van der Waals surface area contributed by atoms with E-state index < -0.39 is 0 Å². The van der Waals surface area contributed by atoms with Crippen LogP contribution in [0.5, 0.6) is 0 Å². The number of hydrogen-bond donors (Lipinski definition) is 1. The lowest BCUT2D eigenvalue weighted by molar-refractivity contribution is -0.148. The minimum absolute atomic E-state index is 0.00996. The van der Waals surface area contributed by atoms with E-state index in [0.29, 0.717) is 6.61 Å². The van der Waals surface area contributed by atoms with E-state index in [1.165, 1.54) is 22.2 Å². The van der Waals surface area contributed by atoms with Crippen LogP contribution >= 0.6 is 11.8 Å². The summed E-state index contributed by atoms with van der Waals surface area (Å²) >= 11 is 1.51. The van der Waals surface area contributed by atoms with Crippen molar-refractivity contribution in [2.45, 2.75) is 32.6 Å². The molecule has 88 valence electrons. The highest BCUT2D eigenvalue weighted by molar-refractivity contribution is 8.17. The second-order valence-corrected chi connectivity index (χ2v) is 5.16. The van der Waals surface area contributed by atoms with Crippen LogP contribution in [0.1, 0.15) is 32.6 Å². The number of thioether (sulfide) groups is 1. The molecule has 1 heterocycles. The molecule has 1 aliphatic heterocycles. The summed E-state index contributed by atoms with van der Waals surface area (Å²) in [7, 11) is 0. The number of hydrogen-bond acceptors (Lipinski definition) is 5. The predicted octanol–water partition coefficient (Wildman–Crippen LogP) is 2.53. The van der Waals surface area contributed by atoms with E-state index in [1.807, 2.05) is 6.92 Å². The van der Waals surface area contributed by atoms with Crippen LogP contribution in [0.4, 0.5) is 0 Å². The molecule has 1 N–H and O–H groups in total. The Balaban J connectivity index is 2.00. The van der Waals surface area contributed by atoms with Crippen molar-refractivity contribution in [1.29, 1.82) is 0 Å². The highest BCUT2D eigenvalue weighted by Crippen LogP contribution is 2.44. The Bertz CT molecular complexity index is 362. The van der Waals surface area contributed by atoms with Crippen molar-refractivity contribution in [3.63, 3.8) is 0 Å². The second kappa shape index (κ2) is 4.91. The smallest absolute Gasteiger partial charge is 0.309 e. The van der Waals surface area contributed by atoms with Gasteiger partial charge in [0.1, 0.15) is 5.04 Å². The van der Waals surface area contributed by atoms with E-state index in [1.54, 1.807) is 0 Å². The Morgan fingerprint density at radius 1 is 1.69 bits per heavy atom. The van der Waals surface area contributed by atoms with Gasteiger partial charge in [-0.05, 0) is 31.1 Å². The third-order valence-electron chi connectivity index (χ3n) is 2.96. The quantitative estimate of drug-likeness (QED) is 0.458. The van der Waals surface area contributed by atoms with Gasteiger partial charge < -0.3 is 9.94 Å². The molecule has 0 radical (unpaired) electrons. The zero-order valence-corrected chi connectivity index (χ0v) is 10.0. The van der Waals surface area contributed by atoms with Gasteiger partial charge >= 0.3 is 5.97 Å². The Labute approximate surface area is 98.7 Å². The molecular formula is C11H15NO3S. The van der Waals surface area contributed by atoms with Crippen LogP contribution < -0.4 is 0 Å². The zero-order valence-electron chi connectivity index (χ0n) is 9.23. The zero-order chi connectivity index (χ0) is 11.5. The van der Waals surface area contributed by atoms with Gasteiger partial charge in [-0.1, -0.05) is 22.5 Å². The van der Waals surface area contributed by atoms with Gasteiger partial charge in [-0.2, -0.15) is 0 Å². The van der Waals surface area contributed by atoms with Gasteiger partial charge in [0.05, 0.1) is 12.5 Å². The SMILES string of the molecule is CCOC(=O)C1CCC2=C(C1)SC(=NO)C2. The third-order valence-corrected chi connectivity index (χ3v) is 4.12. The number of allylic oxidation sites excluding steroid dienone is 2. The van der Waals surface area contributed by atoms with Crippen LogP contribution in [0.2, 0.25) is 0 Å². The van der Waals surface area contributed by atoms with Crippen molar-refractivity contribution < 1.29 is 14.7 Å². The first-order chi connectivity index (χ1) is 7.74. The van der Waals surface area contributed by atoms with Crippen molar-refractivity contribution in [1.82, 2.24) is 0 Å². The standard InChI is InChI=1S/C11H15NO3S/c1-2-15-11(13)8-4-3-7-6-10(12-14)16-9(7)5-8/h8,14H,2-6H2,1H3. The summed E-state index contributed by atoms with van der Waals surface area (Å²) in [5.74, 6) is -0.103. The fourth-order valence-electron chi connectivity index (χ4n) is 2.14. The van der Waals surface area contributed by atoms with Crippen molar-refractivity contribution in [2.24, 2.45) is 11.1 Å². The maximum absolute atomic E-state index is 11.6. The number of rotatable bonds is 2. The minimum atomic E-state index is -0.0935. The van der Waals surface area contributed by atoms with Crippen molar-refractivity contribution in [3.05, 3.63) is 10.5 Å².